The minimum absolute atomic E-state index is 0.0794. The summed E-state index contributed by atoms with van der Waals surface area (Å²) in [6, 6.07) is -1.03. The molecule has 8 heteroatoms. The van der Waals surface area contributed by atoms with E-state index in [9.17, 15) is 15.0 Å². The molecule has 0 bridgehead atoms. The van der Waals surface area contributed by atoms with Gasteiger partial charge in [-0.25, -0.2) is 0 Å². The molecule has 0 radical (unpaired) electrons. The van der Waals surface area contributed by atoms with Crippen LogP contribution in [0.4, 0.5) is 0 Å². The second-order valence-corrected chi connectivity index (χ2v) is 3.47. The average Bonchev–Trinajstić information content (AvgIpc) is 2.28. The van der Waals surface area contributed by atoms with E-state index in [0.717, 1.165) is 0 Å². The van der Waals surface area contributed by atoms with Crippen molar-refractivity contribution in [2.45, 2.75) is 36.9 Å². The molecule has 0 amide bonds. The maximum atomic E-state index is 10.4. The van der Waals surface area contributed by atoms with E-state index in [1.807, 2.05) is 0 Å². The van der Waals surface area contributed by atoms with Crippen molar-refractivity contribution in [1.29, 1.82) is 0 Å². The van der Waals surface area contributed by atoms with E-state index < -0.39 is 37.1 Å². The molecule has 5 atom stereocenters. The highest BCUT2D eigenvalue weighted by atomic mass is 16.5. The summed E-state index contributed by atoms with van der Waals surface area (Å²) in [4.78, 5) is 12.9. The van der Waals surface area contributed by atoms with Crippen LogP contribution in [0.5, 0.6) is 0 Å². The number of hydrogen-bond donors (Lipinski definition) is 3. The van der Waals surface area contributed by atoms with Gasteiger partial charge in [0.05, 0.1) is 24.9 Å². The van der Waals surface area contributed by atoms with Crippen LogP contribution < -0.4 is 0 Å². The average molecular weight is 231 g/mol. The first-order chi connectivity index (χ1) is 7.65. The summed E-state index contributed by atoms with van der Waals surface area (Å²) in [5.41, 5.74) is 8.30. The summed E-state index contributed by atoms with van der Waals surface area (Å²) in [6.07, 6.45) is -4.03. The highest BCUT2D eigenvalue weighted by Gasteiger charge is 2.43. The predicted octanol–water partition coefficient (Wildman–Crippen LogP) is -1.26. The molecule has 90 valence electrons. The molecule has 1 aliphatic heterocycles. The van der Waals surface area contributed by atoms with Crippen LogP contribution in [0.3, 0.4) is 0 Å². The van der Waals surface area contributed by atoms with Crippen molar-refractivity contribution in [3.63, 3.8) is 0 Å². The summed E-state index contributed by atoms with van der Waals surface area (Å²) in [7, 11) is 0. The number of nitrogens with zero attached hydrogens (tertiary/aromatic N) is 3. The van der Waals surface area contributed by atoms with Gasteiger partial charge in [0, 0.05) is 11.3 Å². The third kappa shape index (κ3) is 2.49. The molecule has 0 spiro atoms. The van der Waals surface area contributed by atoms with Gasteiger partial charge in [-0.05, 0) is 5.53 Å². The Labute approximate surface area is 91.1 Å². The summed E-state index contributed by atoms with van der Waals surface area (Å²) in [5, 5.41) is 31.3. The number of aliphatic hydroxyl groups is 3. The molecule has 1 aliphatic rings. The second kappa shape index (κ2) is 5.78. The van der Waals surface area contributed by atoms with Crippen molar-refractivity contribution < 1.29 is 24.9 Å². The van der Waals surface area contributed by atoms with Crippen LogP contribution in [0.2, 0.25) is 0 Å². The first kappa shape index (κ1) is 12.9. The highest BCUT2D eigenvalue weighted by Crippen LogP contribution is 2.25. The normalized spacial score (nSPS) is 38.8. The summed E-state index contributed by atoms with van der Waals surface area (Å²) in [5.74, 6) is 0. The van der Waals surface area contributed by atoms with Crippen LogP contribution >= 0.6 is 0 Å². The van der Waals surface area contributed by atoms with Gasteiger partial charge in [-0.15, -0.1) is 0 Å². The molecule has 16 heavy (non-hydrogen) atoms. The van der Waals surface area contributed by atoms with Gasteiger partial charge in [-0.3, -0.25) is 0 Å². The molecule has 0 aromatic heterocycles. The van der Waals surface area contributed by atoms with Gasteiger partial charge in [0.25, 0.3) is 0 Å². The minimum Gasteiger partial charge on any atom is -0.394 e. The van der Waals surface area contributed by atoms with E-state index in [1.54, 1.807) is 0 Å². The number of aldehydes is 1. The molecule has 1 saturated heterocycles. The third-order valence-electron chi connectivity index (χ3n) is 2.50. The van der Waals surface area contributed by atoms with Gasteiger partial charge in [-0.2, -0.15) is 0 Å². The van der Waals surface area contributed by atoms with Gasteiger partial charge in [0.1, 0.15) is 18.5 Å². The number of carbonyl (C=O) groups is 1. The van der Waals surface area contributed by atoms with Crippen LogP contribution in [0.25, 0.3) is 10.4 Å². The van der Waals surface area contributed by atoms with Crippen molar-refractivity contribution in [3.8, 4) is 0 Å². The lowest BCUT2D eigenvalue weighted by Crippen LogP contribution is -2.57. The molecule has 0 saturated carbocycles. The maximum absolute atomic E-state index is 10.4. The van der Waals surface area contributed by atoms with Crippen molar-refractivity contribution in [2.24, 2.45) is 5.11 Å². The van der Waals surface area contributed by atoms with Crippen molar-refractivity contribution in [2.75, 3.05) is 6.61 Å². The largest absolute Gasteiger partial charge is 0.394 e. The van der Waals surface area contributed by atoms with Gasteiger partial charge >= 0.3 is 0 Å². The lowest BCUT2D eigenvalue weighted by atomic mass is 9.92. The van der Waals surface area contributed by atoms with Crippen LogP contribution in [0.15, 0.2) is 5.11 Å². The highest BCUT2D eigenvalue weighted by molar-refractivity contribution is 5.50. The maximum Gasteiger partial charge on any atom is 0.122 e. The Bertz CT molecular complexity index is 293. The molecule has 0 aromatic rings. The number of ether oxygens (including phenoxy) is 1. The Balaban J connectivity index is 2.87. The van der Waals surface area contributed by atoms with E-state index >= 15 is 0 Å². The molecule has 0 aromatic carbocycles. The monoisotopic (exact) mass is 231 g/mol. The van der Waals surface area contributed by atoms with Gasteiger partial charge in [0.2, 0.25) is 0 Å². The first-order valence-corrected chi connectivity index (χ1v) is 4.76. The SMILES string of the molecule is [N-]=[N+]=NC1C(CC=O)OC(CO)C(O)C1O. The Morgan fingerprint density at radius 3 is 2.56 bits per heavy atom. The summed E-state index contributed by atoms with van der Waals surface area (Å²) >= 11 is 0. The number of aliphatic hydroxyl groups excluding tert-OH is 3. The fourth-order valence-electron chi connectivity index (χ4n) is 1.67. The zero-order chi connectivity index (χ0) is 12.1. The standard InChI is InChI=1S/C8H13N3O5/c9-11-10-6-4(1-2-12)16-5(3-13)7(14)8(6)15/h2,4-8,13-15H,1,3H2. The predicted molar refractivity (Wildman–Crippen MR) is 51.4 cm³/mol. The fraction of sp³-hybridized carbons (Fsp3) is 0.875. The van der Waals surface area contributed by atoms with Crippen LogP contribution in [-0.4, -0.2) is 58.7 Å². The Hall–Kier alpha value is -1.18. The molecule has 1 rings (SSSR count). The molecule has 8 nitrogen and oxygen atoms in total. The molecule has 1 heterocycles. The van der Waals surface area contributed by atoms with E-state index in [-0.39, 0.29) is 6.42 Å². The lowest BCUT2D eigenvalue weighted by molar-refractivity contribution is -0.189. The molecular formula is C8H13N3O5. The Kier molecular flexibility index (Phi) is 4.66. The second-order valence-electron chi connectivity index (χ2n) is 3.47. The lowest BCUT2D eigenvalue weighted by Gasteiger charge is -2.39. The molecular weight excluding hydrogens is 218 g/mol. The topological polar surface area (TPSA) is 136 Å². The Morgan fingerprint density at radius 1 is 1.38 bits per heavy atom. The van der Waals surface area contributed by atoms with Crippen LogP contribution in [-0.2, 0) is 9.53 Å². The third-order valence-corrected chi connectivity index (χ3v) is 2.50. The zero-order valence-electron chi connectivity index (χ0n) is 8.38. The fourth-order valence-corrected chi connectivity index (χ4v) is 1.67. The smallest absolute Gasteiger partial charge is 0.122 e. The molecule has 0 aliphatic carbocycles. The van der Waals surface area contributed by atoms with Gasteiger partial charge in [-0.1, -0.05) is 5.11 Å². The number of carbonyl (C=O) groups excluding carboxylic acids is 1. The molecule has 1 fully saturated rings. The van der Waals surface area contributed by atoms with E-state index in [4.69, 9.17) is 15.4 Å². The Morgan fingerprint density at radius 2 is 2.06 bits per heavy atom. The minimum atomic E-state index is -1.35. The van der Waals surface area contributed by atoms with E-state index in [2.05, 4.69) is 10.0 Å². The van der Waals surface area contributed by atoms with Gasteiger partial charge in [0.15, 0.2) is 0 Å². The van der Waals surface area contributed by atoms with Crippen LogP contribution in [0, 0.1) is 0 Å². The van der Waals surface area contributed by atoms with E-state index in [1.165, 1.54) is 0 Å². The molecule has 5 unspecified atom stereocenters. The zero-order valence-corrected chi connectivity index (χ0v) is 8.38. The summed E-state index contributed by atoms with van der Waals surface area (Å²) in [6.45, 7) is -0.490. The number of azide groups is 1. The first-order valence-electron chi connectivity index (χ1n) is 4.76. The van der Waals surface area contributed by atoms with Crippen molar-refractivity contribution in [3.05, 3.63) is 10.4 Å². The van der Waals surface area contributed by atoms with Crippen molar-refractivity contribution in [1.82, 2.24) is 0 Å². The summed E-state index contributed by atoms with van der Waals surface area (Å²) < 4.78 is 5.17. The number of hydrogen-bond acceptors (Lipinski definition) is 6. The van der Waals surface area contributed by atoms with Gasteiger partial charge < -0.3 is 24.9 Å². The molecule has 3 N–H and O–H groups in total. The van der Waals surface area contributed by atoms with Crippen molar-refractivity contribution >= 4 is 6.29 Å². The number of rotatable bonds is 4. The van der Waals surface area contributed by atoms with E-state index in [0.29, 0.717) is 6.29 Å². The van der Waals surface area contributed by atoms with Crippen LogP contribution in [0.1, 0.15) is 6.42 Å². The quantitative estimate of drug-likeness (QED) is 0.240.